The number of anilines is 1. The number of fused-ring (bicyclic) bond motifs is 1. The molecule has 6 nitrogen and oxygen atoms in total. The summed E-state index contributed by atoms with van der Waals surface area (Å²) < 4.78 is 0. The van der Waals surface area contributed by atoms with Crippen molar-refractivity contribution in [2.45, 2.75) is 18.9 Å². The maximum atomic E-state index is 12.0. The molecule has 3 aromatic rings. The molecule has 0 spiro atoms. The average Bonchev–Trinajstić information content (AvgIpc) is 2.92. The first kappa shape index (κ1) is 16.0. The monoisotopic (exact) mass is 371 g/mol. The standard InChI is InChI=1S/C17H14ClN5OS/c18-11-3-1-9(2-4-11)16-21-6-10(7-22-16)12-5-14(24)20-8-13-15(12)25-17(19)23-13/h1-4,6-7,12H,5,8H2,(H2,19,23)(H,20,24). The Hall–Kier alpha value is -2.51. The number of aromatic nitrogens is 3. The molecule has 1 unspecified atom stereocenters. The Kier molecular flexibility index (Phi) is 4.10. The second kappa shape index (κ2) is 6.42. The largest absolute Gasteiger partial charge is 0.375 e. The van der Waals surface area contributed by atoms with Crippen LogP contribution in [0.3, 0.4) is 0 Å². The zero-order valence-electron chi connectivity index (χ0n) is 13.1. The normalized spacial score (nSPS) is 16.8. The van der Waals surface area contributed by atoms with Crippen molar-refractivity contribution in [1.82, 2.24) is 20.3 Å². The molecule has 8 heteroatoms. The zero-order valence-corrected chi connectivity index (χ0v) is 14.6. The maximum absolute atomic E-state index is 12.0. The van der Waals surface area contributed by atoms with Gasteiger partial charge >= 0.3 is 0 Å². The van der Waals surface area contributed by atoms with Crippen molar-refractivity contribution in [2.75, 3.05) is 5.73 Å². The second-order valence-corrected chi connectivity index (χ2v) is 7.24. The molecule has 1 aliphatic rings. The molecule has 0 aliphatic carbocycles. The van der Waals surface area contributed by atoms with Crippen molar-refractivity contribution in [1.29, 1.82) is 0 Å². The van der Waals surface area contributed by atoms with Gasteiger partial charge in [0.05, 0.1) is 12.2 Å². The number of halogens is 1. The summed E-state index contributed by atoms with van der Waals surface area (Å²) in [4.78, 5) is 26.3. The van der Waals surface area contributed by atoms with E-state index in [1.165, 1.54) is 11.3 Å². The molecule has 2 aromatic heterocycles. The third kappa shape index (κ3) is 3.20. The summed E-state index contributed by atoms with van der Waals surface area (Å²) in [5.74, 6) is 0.463. The van der Waals surface area contributed by atoms with Crippen molar-refractivity contribution in [3.05, 3.63) is 57.8 Å². The first-order valence-corrected chi connectivity index (χ1v) is 8.89. The number of nitrogens with two attached hydrogens (primary N) is 1. The molecule has 25 heavy (non-hydrogen) atoms. The van der Waals surface area contributed by atoms with Gasteiger partial charge < -0.3 is 11.1 Å². The molecule has 1 atom stereocenters. The molecule has 1 amide bonds. The van der Waals surface area contributed by atoms with E-state index < -0.39 is 0 Å². The number of benzene rings is 1. The molecule has 3 N–H and O–H groups in total. The summed E-state index contributed by atoms with van der Waals surface area (Å²) in [5, 5.41) is 4.02. The highest BCUT2D eigenvalue weighted by molar-refractivity contribution is 7.15. The van der Waals surface area contributed by atoms with Crippen LogP contribution in [0.15, 0.2) is 36.7 Å². The smallest absolute Gasteiger partial charge is 0.221 e. The summed E-state index contributed by atoms with van der Waals surface area (Å²) >= 11 is 7.33. The summed E-state index contributed by atoms with van der Waals surface area (Å²) in [5.41, 5.74) is 8.43. The number of carbonyl (C=O) groups excluding carboxylic acids is 1. The van der Waals surface area contributed by atoms with Crippen LogP contribution < -0.4 is 11.1 Å². The zero-order chi connectivity index (χ0) is 17.4. The van der Waals surface area contributed by atoms with Gasteiger partial charge in [-0.3, -0.25) is 4.79 Å². The summed E-state index contributed by atoms with van der Waals surface area (Å²) in [6.45, 7) is 0.405. The molecular weight excluding hydrogens is 358 g/mol. The van der Waals surface area contributed by atoms with Gasteiger partial charge in [-0.25, -0.2) is 15.0 Å². The van der Waals surface area contributed by atoms with Gasteiger partial charge in [-0.1, -0.05) is 11.6 Å². The third-order valence-electron chi connectivity index (χ3n) is 4.08. The fourth-order valence-corrected chi connectivity index (χ4v) is 3.95. The Labute approximate surface area is 153 Å². The number of carbonyl (C=O) groups is 1. The lowest BCUT2D eigenvalue weighted by Gasteiger charge is -2.13. The van der Waals surface area contributed by atoms with E-state index in [0.717, 1.165) is 21.7 Å². The highest BCUT2D eigenvalue weighted by Gasteiger charge is 2.28. The van der Waals surface area contributed by atoms with Crippen LogP contribution in [0.25, 0.3) is 11.4 Å². The Bertz CT molecular complexity index is 923. The van der Waals surface area contributed by atoms with Gasteiger partial charge in [-0.05, 0) is 29.8 Å². The molecule has 0 saturated heterocycles. The van der Waals surface area contributed by atoms with Crippen LogP contribution in [-0.4, -0.2) is 20.9 Å². The number of nitrogen functional groups attached to an aromatic ring is 1. The fourth-order valence-electron chi connectivity index (χ4n) is 2.85. The van der Waals surface area contributed by atoms with E-state index in [-0.39, 0.29) is 11.8 Å². The predicted molar refractivity (Wildman–Crippen MR) is 97.3 cm³/mol. The Morgan fingerprint density at radius 3 is 2.64 bits per heavy atom. The first-order valence-electron chi connectivity index (χ1n) is 7.70. The number of thiazole rings is 1. The fraction of sp³-hybridized carbons (Fsp3) is 0.176. The van der Waals surface area contributed by atoms with Gasteiger partial charge in [0.25, 0.3) is 0 Å². The number of amides is 1. The van der Waals surface area contributed by atoms with Gasteiger partial charge in [-0.15, -0.1) is 11.3 Å². The molecule has 3 heterocycles. The van der Waals surface area contributed by atoms with Gasteiger partial charge in [0.15, 0.2) is 11.0 Å². The number of nitrogens with zero attached hydrogens (tertiary/aromatic N) is 3. The van der Waals surface area contributed by atoms with Crippen molar-refractivity contribution >= 4 is 34.0 Å². The predicted octanol–water partition coefficient (Wildman–Crippen LogP) is 2.99. The van der Waals surface area contributed by atoms with Crippen molar-refractivity contribution in [2.24, 2.45) is 0 Å². The Balaban J connectivity index is 1.69. The maximum Gasteiger partial charge on any atom is 0.221 e. The Morgan fingerprint density at radius 2 is 1.92 bits per heavy atom. The SMILES string of the molecule is Nc1nc2c(s1)C(c1cnc(-c3ccc(Cl)cc3)nc1)CC(=O)NC2. The molecule has 0 bridgehead atoms. The van der Waals surface area contributed by atoms with Gasteiger partial charge in [-0.2, -0.15) is 0 Å². The van der Waals surface area contributed by atoms with E-state index in [1.807, 2.05) is 12.1 Å². The van der Waals surface area contributed by atoms with Crippen LogP contribution in [0, 0.1) is 0 Å². The molecular formula is C17H14ClN5OS. The third-order valence-corrected chi connectivity index (χ3v) is 5.37. The summed E-state index contributed by atoms with van der Waals surface area (Å²) in [7, 11) is 0. The molecule has 0 fully saturated rings. The summed E-state index contributed by atoms with van der Waals surface area (Å²) in [6, 6.07) is 7.35. The van der Waals surface area contributed by atoms with E-state index in [0.29, 0.717) is 28.9 Å². The quantitative estimate of drug-likeness (QED) is 0.722. The van der Waals surface area contributed by atoms with E-state index in [9.17, 15) is 4.79 Å². The lowest BCUT2D eigenvalue weighted by atomic mass is 9.96. The van der Waals surface area contributed by atoms with Crippen molar-refractivity contribution in [3.63, 3.8) is 0 Å². The van der Waals surface area contributed by atoms with Crippen LogP contribution in [-0.2, 0) is 11.3 Å². The van der Waals surface area contributed by atoms with Crippen LogP contribution in [0.5, 0.6) is 0 Å². The number of hydrogen-bond donors (Lipinski definition) is 2. The molecule has 126 valence electrons. The van der Waals surface area contributed by atoms with Crippen LogP contribution >= 0.6 is 22.9 Å². The summed E-state index contributed by atoms with van der Waals surface area (Å²) in [6.07, 6.45) is 3.86. The van der Waals surface area contributed by atoms with E-state index in [2.05, 4.69) is 20.3 Å². The van der Waals surface area contributed by atoms with Crippen LogP contribution in [0.1, 0.15) is 28.5 Å². The topological polar surface area (TPSA) is 93.8 Å². The lowest BCUT2D eigenvalue weighted by molar-refractivity contribution is -0.121. The first-order chi connectivity index (χ1) is 12.1. The van der Waals surface area contributed by atoms with Crippen LogP contribution in [0.4, 0.5) is 5.13 Å². The number of rotatable bonds is 2. The molecule has 1 aromatic carbocycles. The minimum absolute atomic E-state index is 0.0180. The van der Waals surface area contributed by atoms with E-state index in [4.69, 9.17) is 17.3 Å². The van der Waals surface area contributed by atoms with Gasteiger partial charge in [0.1, 0.15) is 0 Å². The van der Waals surface area contributed by atoms with E-state index >= 15 is 0 Å². The number of hydrogen-bond acceptors (Lipinski definition) is 6. The minimum atomic E-state index is -0.133. The molecule has 4 rings (SSSR count). The van der Waals surface area contributed by atoms with Crippen molar-refractivity contribution < 1.29 is 4.79 Å². The molecule has 0 saturated carbocycles. The Morgan fingerprint density at radius 1 is 1.20 bits per heavy atom. The van der Waals surface area contributed by atoms with Gasteiger partial charge in [0.2, 0.25) is 5.91 Å². The van der Waals surface area contributed by atoms with E-state index in [1.54, 1.807) is 24.5 Å². The highest BCUT2D eigenvalue weighted by atomic mass is 35.5. The highest BCUT2D eigenvalue weighted by Crippen LogP contribution is 2.37. The second-order valence-electron chi connectivity index (χ2n) is 5.74. The minimum Gasteiger partial charge on any atom is -0.375 e. The lowest BCUT2D eigenvalue weighted by Crippen LogP contribution is -2.21. The molecule has 1 aliphatic heterocycles. The van der Waals surface area contributed by atoms with Crippen LogP contribution in [0.2, 0.25) is 5.02 Å². The van der Waals surface area contributed by atoms with Crippen molar-refractivity contribution in [3.8, 4) is 11.4 Å². The average molecular weight is 372 g/mol. The molecule has 0 radical (unpaired) electrons. The number of nitrogens with one attached hydrogen (secondary N) is 1. The van der Waals surface area contributed by atoms with Gasteiger partial charge in [0, 0.05) is 40.2 Å².